The molecule has 2 heterocycles. The van der Waals surface area contributed by atoms with Crippen LogP contribution < -0.4 is 5.56 Å². The second kappa shape index (κ2) is 6.94. The predicted octanol–water partition coefficient (Wildman–Crippen LogP) is 3.71. The van der Waals surface area contributed by atoms with Crippen LogP contribution in [0.5, 0.6) is 0 Å². The maximum Gasteiger partial charge on any atom is 0.262 e. The minimum absolute atomic E-state index is 0.0124. The van der Waals surface area contributed by atoms with Crippen molar-refractivity contribution in [3.05, 3.63) is 68.9 Å². The molecule has 6 nitrogen and oxygen atoms in total. The molecule has 1 atom stereocenters. The van der Waals surface area contributed by atoms with E-state index in [0.717, 1.165) is 9.99 Å². The van der Waals surface area contributed by atoms with Gasteiger partial charge in [-0.3, -0.25) is 18.6 Å². The average molecular weight is 443 g/mol. The molecule has 0 bridgehead atoms. The van der Waals surface area contributed by atoms with Gasteiger partial charge in [-0.1, -0.05) is 52.0 Å². The van der Waals surface area contributed by atoms with E-state index in [9.17, 15) is 9.59 Å². The Morgan fingerprint density at radius 3 is 2.56 bits per heavy atom. The molecular weight excluding hydrogens is 428 g/mol. The molecule has 1 unspecified atom stereocenters. The van der Waals surface area contributed by atoms with Crippen LogP contribution in [0.2, 0.25) is 0 Å². The van der Waals surface area contributed by atoms with E-state index >= 15 is 0 Å². The molecule has 0 spiro atoms. The lowest BCUT2D eigenvalue weighted by atomic mass is 10.1. The number of benzene rings is 2. The van der Waals surface area contributed by atoms with Crippen molar-refractivity contribution in [1.82, 2.24) is 19.2 Å². The van der Waals surface area contributed by atoms with Crippen molar-refractivity contribution >= 4 is 50.2 Å². The van der Waals surface area contributed by atoms with E-state index in [1.165, 1.54) is 16.3 Å². The van der Waals surface area contributed by atoms with Crippen LogP contribution in [0.3, 0.4) is 0 Å². The number of thioether (sulfide) groups is 1. The first-order valence-corrected chi connectivity index (χ1v) is 9.94. The van der Waals surface area contributed by atoms with Crippen LogP contribution >= 0.6 is 27.7 Å². The molecule has 136 valence electrons. The van der Waals surface area contributed by atoms with E-state index in [4.69, 9.17) is 0 Å². The number of rotatable bonds is 4. The van der Waals surface area contributed by atoms with Crippen LogP contribution in [-0.4, -0.2) is 30.2 Å². The van der Waals surface area contributed by atoms with Crippen molar-refractivity contribution in [1.29, 1.82) is 0 Å². The minimum atomic E-state index is -0.352. The lowest BCUT2D eigenvalue weighted by Crippen LogP contribution is -2.20. The molecule has 4 rings (SSSR count). The van der Waals surface area contributed by atoms with Gasteiger partial charge in [-0.05, 0) is 31.2 Å². The zero-order valence-electron chi connectivity index (χ0n) is 14.6. The number of aromatic nitrogens is 4. The number of para-hydroxylation sites is 1. The van der Waals surface area contributed by atoms with E-state index in [-0.39, 0.29) is 16.6 Å². The molecule has 2 aromatic carbocycles. The summed E-state index contributed by atoms with van der Waals surface area (Å²) in [7, 11) is 1.67. The molecule has 0 aliphatic carbocycles. The first-order chi connectivity index (χ1) is 13.0. The Morgan fingerprint density at radius 1 is 1.11 bits per heavy atom. The molecule has 0 aliphatic heterocycles. The summed E-state index contributed by atoms with van der Waals surface area (Å²) in [6.07, 6.45) is 0. The summed E-state index contributed by atoms with van der Waals surface area (Å²) in [5.41, 5.74) is 1.25. The third kappa shape index (κ3) is 3.08. The van der Waals surface area contributed by atoms with Gasteiger partial charge in [-0.25, -0.2) is 0 Å². The van der Waals surface area contributed by atoms with Crippen LogP contribution in [0.4, 0.5) is 0 Å². The number of carbonyl (C=O) groups excluding carboxylic acids is 1. The summed E-state index contributed by atoms with van der Waals surface area (Å²) >= 11 is 4.71. The maximum atomic E-state index is 12.8. The molecule has 0 N–H and O–H groups in total. The third-order valence-corrected chi connectivity index (χ3v) is 5.95. The summed E-state index contributed by atoms with van der Waals surface area (Å²) in [5.74, 6) is 0.461. The van der Waals surface area contributed by atoms with Crippen molar-refractivity contribution < 1.29 is 4.79 Å². The van der Waals surface area contributed by atoms with Crippen LogP contribution in [0, 0.1) is 0 Å². The number of hydrogen-bond donors (Lipinski definition) is 0. The number of ketones is 1. The largest absolute Gasteiger partial charge is 0.293 e. The number of aryl methyl sites for hydroxylation is 1. The van der Waals surface area contributed by atoms with Crippen LogP contribution in [-0.2, 0) is 7.05 Å². The van der Waals surface area contributed by atoms with Crippen LogP contribution in [0.15, 0.2) is 63.0 Å². The fraction of sp³-hybridized carbons (Fsp3) is 0.158. The number of halogens is 1. The van der Waals surface area contributed by atoms with E-state index in [0.29, 0.717) is 21.9 Å². The Kier molecular flexibility index (Phi) is 4.61. The second-order valence-corrected chi connectivity index (χ2v) is 8.35. The van der Waals surface area contributed by atoms with Gasteiger partial charge in [-0.15, -0.1) is 10.2 Å². The summed E-state index contributed by atoms with van der Waals surface area (Å²) < 4.78 is 4.23. The third-order valence-electron chi connectivity index (χ3n) is 4.38. The normalized spacial score (nSPS) is 12.6. The fourth-order valence-corrected chi connectivity index (χ4v) is 4.15. The maximum absolute atomic E-state index is 12.8. The summed E-state index contributed by atoms with van der Waals surface area (Å²) in [6, 6.07) is 14.6. The topological polar surface area (TPSA) is 69.3 Å². The van der Waals surface area contributed by atoms with E-state index < -0.39 is 0 Å². The zero-order valence-corrected chi connectivity index (χ0v) is 17.0. The Balaban J connectivity index is 1.77. The summed E-state index contributed by atoms with van der Waals surface area (Å²) in [5, 5.41) is 9.21. The number of fused-ring (bicyclic) bond motifs is 3. The summed E-state index contributed by atoms with van der Waals surface area (Å²) in [6.45, 7) is 1.85. The Hall–Kier alpha value is -2.45. The highest BCUT2D eigenvalue weighted by Gasteiger charge is 2.21. The molecule has 0 amide bonds. The van der Waals surface area contributed by atoms with Gasteiger partial charge < -0.3 is 0 Å². The van der Waals surface area contributed by atoms with E-state index in [2.05, 4.69) is 26.1 Å². The van der Waals surface area contributed by atoms with Gasteiger partial charge in [0, 0.05) is 17.1 Å². The Labute approximate surface area is 167 Å². The van der Waals surface area contributed by atoms with Crippen molar-refractivity contribution in [2.75, 3.05) is 0 Å². The number of carbonyl (C=O) groups is 1. The van der Waals surface area contributed by atoms with Crippen molar-refractivity contribution in [3.63, 3.8) is 0 Å². The monoisotopic (exact) mass is 442 g/mol. The highest BCUT2D eigenvalue weighted by molar-refractivity contribution is 9.10. The van der Waals surface area contributed by atoms with Gasteiger partial charge in [0.25, 0.3) is 5.56 Å². The zero-order chi connectivity index (χ0) is 19.1. The first-order valence-electron chi connectivity index (χ1n) is 8.26. The molecule has 0 aliphatic rings. The molecule has 2 aromatic heterocycles. The molecule has 0 fully saturated rings. The van der Waals surface area contributed by atoms with Crippen molar-refractivity contribution in [2.45, 2.75) is 17.3 Å². The predicted molar refractivity (Wildman–Crippen MR) is 110 cm³/mol. The van der Waals surface area contributed by atoms with Gasteiger partial charge >= 0.3 is 0 Å². The Morgan fingerprint density at radius 2 is 1.81 bits per heavy atom. The van der Waals surface area contributed by atoms with Gasteiger partial charge in [0.15, 0.2) is 10.9 Å². The lowest BCUT2D eigenvalue weighted by Gasteiger charge is -2.11. The SMILES string of the molecule is CC(Sc1nnc2n(C)c(=O)c3ccccc3n12)C(=O)c1ccc(Br)cc1. The molecular formula is C19H15BrN4O2S. The number of hydrogen-bond acceptors (Lipinski definition) is 5. The molecule has 0 radical (unpaired) electrons. The molecule has 8 heteroatoms. The smallest absolute Gasteiger partial charge is 0.262 e. The number of Topliss-reactive ketones (excluding diaryl/α,β-unsaturated/α-hetero) is 1. The van der Waals surface area contributed by atoms with Gasteiger partial charge in [0.2, 0.25) is 5.78 Å². The van der Waals surface area contributed by atoms with Gasteiger partial charge in [-0.2, -0.15) is 0 Å². The Bertz CT molecular complexity index is 1230. The molecule has 0 saturated carbocycles. The molecule has 0 saturated heterocycles. The van der Waals surface area contributed by atoms with Crippen molar-refractivity contribution in [2.24, 2.45) is 7.05 Å². The van der Waals surface area contributed by atoms with Gasteiger partial charge in [0.05, 0.1) is 16.2 Å². The lowest BCUT2D eigenvalue weighted by molar-refractivity contribution is 0.0994. The highest BCUT2D eigenvalue weighted by Crippen LogP contribution is 2.27. The van der Waals surface area contributed by atoms with E-state index in [1.807, 2.05) is 41.7 Å². The average Bonchev–Trinajstić information content (AvgIpc) is 3.10. The van der Waals surface area contributed by atoms with Gasteiger partial charge in [0.1, 0.15) is 0 Å². The highest BCUT2D eigenvalue weighted by atomic mass is 79.9. The summed E-state index contributed by atoms with van der Waals surface area (Å²) in [4.78, 5) is 25.3. The molecule has 27 heavy (non-hydrogen) atoms. The standard InChI is InChI=1S/C19H15BrN4O2S/c1-11(16(25)12-7-9-13(20)10-8-12)27-19-22-21-18-23(2)17(26)14-5-3-4-6-15(14)24(18)19/h3-11H,1-2H3. The first kappa shape index (κ1) is 17.9. The second-order valence-electron chi connectivity index (χ2n) is 6.13. The van der Waals surface area contributed by atoms with Crippen molar-refractivity contribution in [3.8, 4) is 0 Å². The van der Waals surface area contributed by atoms with E-state index in [1.54, 1.807) is 25.2 Å². The number of nitrogens with zero attached hydrogens (tertiary/aromatic N) is 4. The molecule has 4 aromatic rings. The quantitative estimate of drug-likeness (QED) is 0.355. The van der Waals surface area contributed by atoms with Crippen LogP contribution in [0.1, 0.15) is 17.3 Å². The minimum Gasteiger partial charge on any atom is -0.293 e. The fourth-order valence-electron chi connectivity index (χ4n) is 2.95. The van der Waals surface area contributed by atoms with Crippen LogP contribution in [0.25, 0.3) is 16.7 Å².